The number of rotatable bonds is 1. The lowest BCUT2D eigenvalue weighted by Crippen LogP contribution is -2.28. The molecule has 1 aliphatic heterocycles. The smallest absolute Gasteiger partial charge is 0.310 e. The van der Waals surface area contributed by atoms with E-state index in [4.69, 9.17) is 0 Å². The van der Waals surface area contributed by atoms with Crippen LogP contribution in [0.5, 0.6) is 0 Å². The van der Waals surface area contributed by atoms with Gasteiger partial charge in [0.1, 0.15) is 5.82 Å². The Morgan fingerprint density at radius 1 is 1.17 bits per heavy atom. The molecule has 1 aliphatic rings. The Morgan fingerprint density at radius 3 is 2.44 bits per heavy atom. The zero-order valence-corrected chi connectivity index (χ0v) is 10.4. The average molecular weight is 284 g/mol. The molecule has 0 saturated carbocycles. The summed E-state index contributed by atoms with van der Waals surface area (Å²) in [6.45, 7) is 0.723. The first-order chi connectivity index (χ1) is 8.00. The first-order valence-electron chi connectivity index (χ1n) is 5.59. The zero-order valence-electron chi connectivity index (χ0n) is 9.56. The van der Waals surface area contributed by atoms with Crippen molar-refractivity contribution in [3.63, 3.8) is 0 Å². The van der Waals surface area contributed by atoms with Crippen LogP contribution in [0.1, 0.15) is 36.4 Å². The minimum Gasteiger partial charge on any atom is -0.310 e. The number of hydrogen-bond acceptors (Lipinski definition) is 1. The maximum atomic E-state index is 13.8. The minimum absolute atomic E-state index is 0. The van der Waals surface area contributed by atoms with Crippen molar-refractivity contribution in [2.24, 2.45) is 0 Å². The highest BCUT2D eigenvalue weighted by atomic mass is 35.5. The van der Waals surface area contributed by atoms with Gasteiger partial charge in [-0.25, -0.2) is 4.39 Å². The topological polar surface area (TPSA) is 12.0 Å². The van der Waals surface area contributed by atoms with Gasteiger partial charge in [-0.3, -0.25) is 0 Å². The molecule has 1 heterocycles. The van der Waals surface area contributed by atoms with Crippen LogP contribution in [0.25, 0.3) is 0 Å². The lowest BCUT2D eigenvalue weighted by atomic mass is 9.95. The van der Waals surface area contributed by atoms with Gasteiger partial charge in [-0.2, -0.15) is 13.2 Å². The van der Waals surface area contributed by atoms with Gasteiger partial charge in [-0.05, 0) is 25.5 Å². The Bertz CT molecular complexity index is 400. The molecular weight excluding hydrogens is 270 g/mol. The monoisotopic (exact) mass is 283 g/mol. The van der Waals surface area contributed by atoms with Gasteiger partial charge in [-0.15, -0.1) is 12.4 Å². The van der Waals surface area contributed by atoms with E-state index in [1.807, 2.05) is 0 Å². The molecule has 1 N–H and O–H groups in total. The van der Waals surface area contributed by atoms with Crippen molar-refractivity contribution in [3.05, 3.63) is 35.1 Å². The molecule has 1 fully saturated rings. The number of benzene rings is 1. The van der Waals surface area contributed by atoms with Crippen molar-refractivity contribution in [2.75, 3.05) is 6.54 Å². The molecule has 1 saturated heterocycles. The first-order valence-corrected chi connectivity index (χ1v) is 5.59. The van der Waals surface area contributed by atoms with Crippen LogP contribution in [0.15, 0.2) is 18.2 Å². The predicted molar refractivity (Wildman–Crippen MR) is 63.2 cm³/mol. The molecule has 1 atom stereocenters. The number of nitrogens with one attached hydrogen (secondary N) is 1. The maximum Gasteiger partial charge on any atom is 0.419 e. The maximum absolute atomic E-state index is 13.8. The lowest BCUT2D eigenvalue weighted by molar-refractivity contribution is -0.140. The molecule has 1 aromatic rings. The van der Waals surface area contributed by atoms with E-state index < -0.39 is 17.6 Å². The summed E-state index contributed by atoms with van der Waals surface area (Å²) in [5.74, 6) is -1.14. The van der Waals surface area contributed by atoms with Crippen molar-refractivity contribution in [3.8, 4) is 0 Å². The van der Waals surface area contributed by atoms with Gasteiger partial charge in [-0.1, -0.05) is 18.6 Å². The summed E-state index contributed by atoms with van der Waals surface area (Å²) in [6.07, 6.45) is -2.06. The van der Waals surface area contributed by atoms with E-state index in [1.54, 1.807) is 0 Å². The highest BCUT2D eigenvalue weighted by Crippen LogP contribution is 2.35. The fourth-order valence-corrected chi connectivity index (χ4v) is 2.16. The molecule has 1 aromatic carbocycles. The van der Waals surface area contributed by atoms with Crippen molar-refractivity contribution in [2.45, 2.75) is 31.5 Å². The quantitative estimate of drug-likeness (QED) is 0.766. The second-order valence-electron chi connectivity index (χ2n) is 4.21. The van der Waals surface area contributed by atoms with Crippen molar-refractivity contribution in [1.82, 2.24) is 5.32 Å². The highest BCUT2D eigenvalue weighted by Gasteiger charge is 2.35. The molecule has 0 aliphatic carbocycles. The van der Waals surface area contributed by atoms with E-state index in [-0.39, 0.29) is 24.0 Å². The van der Waals surface area contributed by atoms with Gasteiger partial charge < -0.3 is 5.32 Å². The molecule has 1 nitrogen and oxygen atoms in total. The van der Waals surface area contributed by atoms with Crippen LogP contribution >= 0.6 is 12.4 Å². The minimum atomic E-state index is -4.63. The van der Waals surface area contributed by atoms with Crippen molar-refractivity contribution >= 4 is 12.4 Å². The number of halogens is 5. The Morgan fingerprint density at radius 2 is 1.89 bits per heavy atom. The third kappa shape index (κ3) is 3.14. The van der Waals surface area contributed by atoms with E-state index in [9.17, 15) is 17.6 Å². The third-order valence-electron chi connectivity index (χ3n) is 3.02. The van der Waals surface area contributed by atoms with Crippen LogP contribution in [0, 0.1) is 5.82 Å². The predicted octanol–water partition coefficient (Wildman–Crippen LogP) is 4.08. The zero-order chi connectivity index (χ0) is 12.5. The van der Waals surface area contributed by atoms with Crippen LogP contribution in [-0.4, -0.2) is 6.54 Å². The van der Waals surface area contributed by atoms with Gasteiger partial charge in [0.2, 0.25) is 0 Å². The molecule has 6 heteroatoms. The molecule has 0 unspecified atom stereocenters. The van der Waals surface area contributed by atoms with E-state index in [1.165, 1.54) is 12.1 Å². The Balaban J connectivity index is 0.00000162. The molecule has 0 spiro atoms. The van der Waals surface area contributed by atoms with Crippen molar-refractivity contribution in [1.29, 1.82) is 0 Å². The van der Waals surface area contributed by atoms with Crippen LogP contribution in [0.4, 0.5) is 17.6 Å². The number of piperidine rings is 1. The van der Waals surface area contributed by atoms with E-state index in [0.29, 0.717) is 6.42 Å². The van der Waals surface area contributed by atoms with Gasteiger partial charge >= 0.3 is 6.18 Å². The average Bonchev–Trinajstić information content (AvgIpc) is 2.29. The Hall–Kier alpha value is -0.810. The summed E-state index contributed by atoms with van der Waals surface area (Å²) in [5.41, 5.74) is -1.05. The Kier molecular flexibility index (Phi) is 4.99. The first kappa shape index (κ1) is 15.2. The normalized spacial score (nSPS) is 20.3. The second kappa shape index (κ2) is 5.89. The molecule has 0 amide bonds. The Labute approximate surface area is 109 Å². The summed E-state index contributed by atoms with van der Waals surface area (Å²) < 4.78 is 51.4. The van der Waals surface area contributed by atoms with Crippen molar-refractivity contribution < 1.29 is 17.6 Å². The van der Waals surface area contributed by atoms with Gasteiger partial charge in [0, 0.05) is 11.6 Å². The molecule has 2 rings (SSSR count). The van der Waals surface area contributed by atoms with E-state index in [2.05, 4.69) is 5.32 Å². The second-order valence-corrected chi connectivity index (χ2v) is 4.21. The van der Waals surface area contributed by atoms with Crippen LogP contribution in [0.2, 0.25) is 0 Å². The lowest BCUT2D eigenvalue weighted by Gasteiger charge is -2.25. The van der Waals surface area contributed by atoms with Crippen LogP contribution in [0.3, 0.4) is 0 Å². The van der Waals surface area contributed by atoms with Crippen LogP contribution < -0.4 is 5.32 Å². The van der Waals surface area contributed by atoms with Crippen LogP contribution in [-0.2, 0) is 6.18 Å². The largest absolute Gasteiger partial charge is 0.419 e. The summed E-state index contributed by atoms with van der Waals surface area (Å²) in [5, 5.41) is 3.05. The van der Waals surface area contributed by atoms with E-state index in [0.717, 1.165) is 25.5 Å². The summed E-state index contributed by atoms with van der Waals surface area (Å²) >= 11 is 0. The summed E-state index contributed by atoms with van der Waals surface area (Å²) in [7, 11) is 0. The molecule has 18 heavy (non-hydrogen) atoms. The molecule has 0 aromatic heterocycles. The summed E-state index contributed by atoms with van der Waals surface area (Å²) in [6, 6.07) is 3.17. The fraction of sp³-hybridized carbons (Fsp3) is 0.500. The molecular formula is C12H14ClF4N. The molecule has 102 valence electrons. The van der Waals surface area contributed by atoms with Gasteiger partial charge in [0.05, 0.1) is 5.56 Å². The molecule has 0 radical (unpaired) electrons. The SMILES string of the molecule is Cl.Fc1c([C@@H]2CCCCN2)cccc1C(F)(F)F. The number of alkyl halides is 3. The van der Waals surface area contributed by atoms with Gasteiger partial charge in [0.25, 0.3) is 0 Å². The third-order valence-corrected chi connectivity index (χ3v) is 3.02. The summed E-state index contributed by atoms with van der Waals surface area (Å²) in [4.78, 5) is 0. The number of hydrogen-bond donors (Lipinski definition) is 1. The highest BCUT2D eigenvalue weighted by molar-refractivity contribution is 5.85. The molecule has 0 bridgehead atoms. The van der Waals surface area contributed by atoms with Gasteiger partial charge in [0.15, 0.2) is 0 Å². The van der Waals surface area contributed by atoms with E-state index >= 15 is 0 Å². The standard InChI is InChI=1S/C12H13F4N.ClH/c13-11-8(10-6-1-2-7-17-10)4-3-5-9(11)12(14,15)16;/h3-5,10,17H,1-2,6-7H2;1H/t10-;/m0./s1. The fourth-order valence-electron chi connectivity index (χ4n) is 2.16.